The van der Waals surface area contributed by atoms with Gasteiger partial charge in [-0.1, -0.05) is 18.2 Å². The van der Waals surface area contributed by atoms with Crippen LogP contribution in [0.5, 0.6) is 5.75 Å². The second-order valence-corrected chi connectivity index (χ2v) is 5.29. The zero-order chi connectivity index (χ0) is 15.2. The summed E-state index contributed by atoms with van der Waals surface area (Å²) in [6.45, 7) is 1.41. The Hall–Kier alpha value is -2.33. The third kappa shape index (κ3) is 3.86. The first-order valence-electron chi connectivity index (χ1n) is 7.52. The number of rotatable bonds is 5. The molecule has 1 atom stereocenters. The molecular formula is C18H19NO3. The molecule has 2 aromatic rings. The van der Waals surface area contributed by atoms with Gasteiger partial charge >= 0.3 is 0 Å². The summed E-state index contributed by atoms with van der Waals surface area (Å²) in [7, 11) is 0. The summed E-state index contributed by atoms with van der Waals surface area (Å²) >= 11 is 0. The van der Waals surface area contributed by atoms with Gasteiger partial charge in [-0.05, 0) is 49.2 Å². The second-order valence-electron chi connectivity index (χ2n) is 5.29. The molecule has 1 saturated heterocycles. The van der Waals surface area contributed by atoms with Gasteiger partial charge < -0.3 is 14.8 Å². The van der Waals surface area contributed by atoms with E-state index < -0.39 is 0 Å². The van der Waals surface area contributed by atoms with Crippen LogP contribution in [0.25, 0.3) is 0 Å². The molecule has 0 aliphatic carbocycles. The fraction of sp³-hybridized carbons (Fsp3) is 0.278. The first kappa shape index (κ1) is 14.6. The Morgan fingerprint density at radius 3 is 2.59 bits per heavy atom. The average molecular weight is 297 g/mol. The van der Waals surface area contributed by atoms with Crippen molar-refractivity contribution in [3.05, 3.63) is 60.2 Å². The zero-order valence-corrected chi connectivity index (χ0v) is 12.3. The highest BCUT2D eigenvalue weighted by molar-refractivity contribution is 6.04. The maximum atomic E-state index is 12.0. The van der Waals surface area contributed by atoms with Gasteiger partial charge in [0, 0.05) is 17.9 Å². The molecule has 0 unspecified atom stereocenters. The molecular weight excluding hydrogens is 278 g/mol. The van der Waals surface area contributed by atoms with E-state index in [1.807, 2.05) is 42.5 Å². The fourth-order valence-electron chi connectivity index (χ4n) is 2.39. The van der Waals surface area contributed by atoms with Crippen LogP contribution in [0.1, 0.15) is 23.2 Å². The number of hydrogen-bond acceptors (Lipinski definition) is 3. The van der Waals surface area contributed by atoms with Crippen molar-refractivity contribution < 1.29 is 14.3 Å². The SMILES string of the molecule is O=C(Nc1ccc(OC[C@H]2CCCO2)cc1)c1ccccc1. The topological polar surface area (TPSA) is 47.6 Å². The van der Waals surface area contributed by atoms with E-state index in [0.29, 0.717) is 12.2 Å². The quantitative estimate of drug-likeness (QED) is 0.919. The highest BCUT2D eigenvalue weighted by Gasteiger charge is 2.15. The molecule has 0 bridgehead atoms. The molecule has 1 heterocycles. The van der Waals surface area contributed by atoms with E-state index in [1.165, 1.54) is 0 Å². The van der Waals surface area contributed by atoms with Gasteiger partial charge in [-0.25, -0.2) is 0 Å². The van der Waals surface area contributed by atoms with Crippen LogP contribution in [0, 0.1) is 0 Å². The molecule has 1 aliphatic heterocycles. The maximum absolute atomic E-state index is 12.0. The van der Waals surface area contributed by atoms with Gasteiger partial charge in [-0.15, -0.1) is 0 Å². The van der Waals surface area contributed by atoms with Gasteiger partial charge in [0.1, 0.15) is 12.4 Å². The predicted octanol–water partition coefficient (Wildman–Crippen LogP) is 3.50. The van der Waals surface area contributed by atoms with Crippen molar-refractivity contribution in [2.45, 2.75) is 18.9 Å². The van der Waals surface area contributed by atoms with Crippen molar-refractivity contribution in [2.75, 3.05) is 18.5 Å². The van der Waals surface area contributed by atoms with Crippen molar-refractivity contribution in [3.63, 3.8) is 0 Å². The van der Waals surface area contributed by atoms with E-state index in [1.54, 1.807) is 12.1 Å². The number of anilines is 1. The van der Waals surface area contributed by atoms with Crippen molar-refractivity contribution in [2.24, 2.45) is 0 Å². The number of carbonyl (C=O) groups is 1. The van der Waals surface area contributed by atoms with Crippen LogP contribution in [0.2, 0.25) is 0 Å². The molecule has 0 radical (unpaired) electrons. The van der Waals surface area contributed by atoms with Gasteiger partial charge in [-0.3, -0.25) is 4.79 Å². The van der Waals surface area contributed by atoms with Crippen LogP contribution < -0.4 is 10.1 Å². The summed E-state index contributed by atoms with van der Waals surface area (Å²) in [6, 6.07) is 16.5. The predicted molar refractivity (Wildman–Crippen MR) is 85.3 cm³/mol. The van der Waals surface area contributed by atoms with Gasteiger partial charge in [0.05, 0.1) is 6.10 Å². The molecule has 4 nitrogen and oxygen atoms in total. The van der Waals surface area contributed by atoms with Crippen LogP contribution in [-0.2, 0) is 4.74 Å². The summed E-state index contributed by atoms with van der Waals surface area (Å²) in [5.41, 5.74) is 1.39. The molecule has 1 amide bonds. The molecule has 1 fully saturated rings. The number of nitrogens with one attached hydrogen (secondary N) is 1. The lowest BCUT2D eigenvalue weighted by molar-refractivity contribution is 0.0679. The van der Waals surface area contributed by atoms with E-state index in [4.69, 9.17) is 9.47 Å². The Balaban J connectivity index is 1.53. The Labute approximate surface area is 130 Å². The van der Waals surface area contributed by atoms with Crippen LogP contribution >= 0.6 is 0 Å². The van der Waals surface area contributed by atoms with E-state index in [-0.39, 0.29) is 12.0 Å². The summed E-state index contributed by atoms with van der Waals surface area (Å²) in [5.74, 6) is 0.668. The van der Waals surface area contributed by atoms with Gasteiger partial charge in [0.25, 0.3) is 5.91 Å². The van der Waals surface area contributed by atoms with E-state index in [2.05, 4.69) is 5.32 Å². The molecule has 0 saturated carbocycles. The Morgan fingerprint density at radius 1 is 1.14 bits per heavy atom. The number of hydrogen-bond donors (Lipinski definition) is 1. The van der Waals surface area contributed by atoms with Gasteiger partial charge in [0.2, 0.25) is 0 Å². The molecule has 2 aromatic carbocycles. The van der Waals surface area contributed by atoms with Crippen molar-refractivity contribution in [1.29, 1.82) is 0 Å². The largest absolute Gasteiger partial charge is 0.491 e. The first-order chi connectivity index (χ1) is 10.8. The van der Waals surface area contributed by atoms with E-state index in [9.17, 15) is 4.79 Å². The first-order valence-corrected chi connectivity index (χ1v) is 7.52. The highest BCUT2D eigenvalue weighted by atomic mass is 16.5. The number of benzene rings is 2. The highest BCUT2D eigenvalue weighted by Crippen LogP contribution is 2.19. The number of carbonyl (C=O) groups excluding carboxylic acids is 1. The van der Waals surface area contributed by atoms with Crippen molar-refractivity contribution in [3.8, 4) is 5.75 Å². The lowest BCUT2D eigenvalue weighted by atomic mass is 10.2. The average Bonchev–Trinajstić information content (AvgIpc) is 3.08. The second kappa shape index (κ2) is 7.09. The normalized spacial score (nSPS) is 17.2. The number of amides is 1. The molecule has 0 spiro atoms. The van der Waals surface area contributed by atoms with Crippen molar-refractivity contribution >= 4 is 11.6 Å². The molecule has 1 N–H and O–H groups in total. The van der Waals surface area contributed by atoms with Crippen LogP contribution in [0.4, 0.5) is 5.69 Å². The monoisotopic (exact) mass is 297 g/mol. The third-order valence-electron chi connectivity index (χ3n) is 3.61. The van der Waals surface area contributed by atoms with Gasteiger partial charge in [0.15, 0.2) is 0 Å². The molecule has 114 valence electrons. The minimum absolute atomic E-state index is 0.117. The molecule has 22 heavy (non-hydrogen) atoms. The number of ether oxygens (including phenoxy) is 2. The smallest absolute Gasteiger partial charge is 0.255 e. The Bertz CT molecular complexity index is 604. The maximum Gasteiger partial charge on any atom is 0.255 e. The zero-order valence-electron chi connectivity index (χ0n) is 12.3. The lowest BCUT2D eigenvalue weighted by Gasteiger charge is -2.12. The molecule has 0 aromatic heterocycles. The minimum atomic E-state index is -0.117. The summed E-state index contributed by atoms with van der Waals surface area (Å²) < 4.78 is 11.2. The molecule has 4 heteroatoms. The molecule has 3 rings (SSSR count). The van der Waals surface area contributed by atoms with E-state index >= 15 is 0 Å². The minimum Gasteiger partial charge on any atom is -0.491 e. The third-order valence-corrected chi connectivity index (χ3v) is 3.61. The summed E-state index contributed by atoms with van der Waals surface area (Å²) in [6.07, 6.45) is 2.38. The lowest BCUT2D eigenvalue weighted by Crippen LogP contribution is -2.16. The fourth-order valence-corrected chi connectivity index (χ4v) is 2.39. The molecule has 1 aliphatic rings. The van der Waals surface area contributed by atoms with Gasteiger partial charge in [-0.2, -0.15) is 0 Å². The Morgan fingerprint density at radius 2 is 1.91 bits per heavy atom. The standard InChI is InChI=1S/C18H19NO3/c20-18(14-5-2-1-3-6-14)19-15-8-10-16(11-9-15)22-13-17-7-4-12-21-17/h1-3,5-6,8-11,17H,4,7,12-13H2,(H,19,20)/t17-/m1/s1. The van der Waals surface area contributed by atoms with Crippen molar-refractivity contribution in [1.82, 2.24) is 0 Å². The summed E-state index contributed by atoms with van der Waals surface area (Å²) in [5, 5.41) is 2.86. The summed E-state index contributed by atoms with van der Waals surface area (Å²) in [4.78, 5) is 12.0. The van der Waals surface area contributed by atoms with E-state index in [0.717, 1.165) is 30.9 Å². The Kier molecular flexibility index (Phi) is 4.71. The van der Waals surface area contributed by atoms with Crippen LogP contribution in [0.3, 0.4) is 0 Å². The van der Waals surface area contributed by atoms with Crippen LogP contribution in [-0.4, -0.2) is 25.2 Å². The van der Waals surface area contributed by atoms with Crippen LogP contribution in [0.15, 0.2) is 54.6 Å².